The Hall–Kier alpha value is -0.930. The van der Waals surface area contributed by atoms with E-state index in [0.29, 0.717) is 27.6 Å². The maximum absolute atomic E-state index is 12.5. The molecule has 1 amide bonds. The molecule has 0 spiro atoms. The monoisotopic (exact) mass is 329 g/mol. The molecule has 0 saturated carbocycles. The van der Waals surface area contributed by atoms with Crippen molar-refractivity contribution in [2.45, 2.75) is 33.3 Å². The van der Waals surface area contributed by atoms with Crippen molar-refractivity contribution in [3.63, 3.8) is 0 Å². The second kappa shape index (κ2) is 6.89. The Morgan fingerprint density at radius 3 is 2.48 bits per heavy atom. The van der Waals surface area contributed by atoms with Crippen LogP contribution >= 0.6 is 23.2 Å². The van der Waals surface area contributed by atoms with Gasteiger partial charge in [-0.25, -0.2) is 0 Å². The normalized spacial score (nSPS) is 23.8. The molecule has 1 aliphatic rings. The fourth-order valence-electron chi connectivity index (χ4n) is 2.91. The fraction of sp³-hybridized carbons (Fsp3) is 0.562. The van der Waals surface area contributed by atoms with Gasteiger partial charge in [-0.1, -0.05) is 37.0 Å². The SMILES string of the molecule is C[C@@H]1C[C@H](C)CN(C(=O)[C@@H](C)Oc2ccc(Cl)cc2Cl)C1. The van der Waals surface area contributed by atoms with Crippen LogP contribution in [0.2, 0.25) is 10.0 Å². The molecule has 3 nitrogen and oxygen atoms in total. The van der Waals surface area contributed by atoms with Crippen LogP contribution in [-0.4, -0.2) is 30.0 Å². The lowest BCUT2D eigenvalue weighted by Crippen LogP contribution is -2.47. The van der Waals surface area contributed by atoms with Gasteiger partial charge in [-0.2, -0.15) is 0 Å². The zero-order chi connectivity index (χ0) is 15.6. The van der Waals surface area contributed by atoms with Crippen LogP contribution in [0, 0.1) is 11.8 Å². The number of amides is 1. The Morgan fingerprint density at radius 1 is 1.29 bits per heavy atom. The van der Waals surface area contributed by atoms with Crippen molar-refractivity contribution in [3.05, 3.63) is 28.2 Å². The van der Waals surface area contributed by atoms with Gasteiger partial charge in [0.2, 0.25) is 0 Å². The smallest absolute Gasteiger partial charge is 0.263 e. The molecular weight excluding hydrogens is 309 g/mol. The van der Waals surface area contributed by atoms with Crippen molar-refractivity contribution < 1.29 is 9.53 Å². The molecule has 116 valence electrons. The summed E-state index contributed by atoms with van der Waals surface area (Å²) in [5.74, 6) is 1.56. The number of ether oxygens (including phenoxy) is 1. The highest BCUT2D eigenvalue weighted by Gasteiger charge is 2.29. The van der Waals surface area contributed by atoms with E-state index in [1.165, 1.54) is 6.42 Å². The van der Waals surface area contributed by atoms with Crippen LogP contribution in [0.3, 0.4) is 0 Å². The molecule has 1 aliphatic heterocycles. The maximum atomic E-state index is 12.5. The summed E-state index contributed by atoms with van der Waals surface area (Å²) in [5.41, 5.74) is 0. The van der Waals surface area contributed by atoms with Gasteiger partial charge in [0.25, 0.3) is 5.91 Å². The van der Waals surface area contributed by atoms with Crippen molar-refractivity contribution in [2.24, 2.45) is 11.8 Å². The van der Waals surface area contributed by atoms with Gasteiger partial charge in [0.05, 0.1) is 5.02 Å². The lowest BCUT2D eigenvalue weighted by Gasteiger charge is -2.36. The standard InChI is InChI=1S/C16H21Cl2NO2/c1-10-6-11(2)9-19(8-10)16(20)12(3)21-15-5-4-13(17)7-14(15)18/h4-5,7,10-12H,6,8-9H2,1-3H3/t10-,11+,12-/m1/s1. The van der Waals surface area contributed by atoms with E-state index in [1.54, 1.807) is 25.1 Å². The molecule has 5 heteroatoms. The van der Waals surface area contributed by atoms with E-state index < -0.39 is 6.10 Å². The third-order valence-corrected chi connectivity index (χ3v) is 4.26. The van der Waals surface area contributed by atoms with Gasteiger partial charge in [-0.15, -0.1) is 0 Å². The van der Waals surface area contributed by atoms with E-state index >= 15 is 0 Å². The number of piperidine rings is 1. The quantitative estimate of drug-likeness (QED) is 0.828. The number of carbonyl (C=O) groups is 1. The van der Waals surface area contributed by atoms with Crippen LogP contribution in [0.1, 0.15) is 27.2 Å². The van der Waals surface area contributed by atoms with E-state index in [0.717, 1.165) is 13.1 Å². The molecular formula is C16H21Cl2NO2. The predicted molar refractivity (Wildman–Crippen MR) is 86.1 cm³/mol. The molecule has 1 aromatic carbocycles. The molecule has 0 N–H and O–H groups in total. The summed E-state index contributed by atoms with van der Waals surface area (Å²) in [4.78, 5) is 14.4. The van der Waals surface area contributed by atoms with Crippen molar-refractivity contribution >= 4 is 29.1 Å². The minimum atomic E-state index is -0.554. The Balaban J connectivity index is 2.02. The number of carbonyl (C=O) groups excluding carboxylic acids is 1. The van der Waals surface area contributed by atoms with Crippen LogP contribution < -0.4 is 4.74 Å². The molecule has 0 unspecified atom stereocenters. The predicted octanol–water partition coefficient (Wildman–Crippen LogP) is 4.27. The zero-order valence-electron chi connectivity index (χ0n) is 12.6. The number of likely N-dealkylation sites (tertiary alicyclic amines) is 1. The average Bonchev–Trinajstić information content (AvgIpc) is 2.40. The van der Waals surface area contributed by atoms with Gasteiger partial charge in [0.15, 0.2) is 6.10 Å². The summed E-state index contributed by atoms with van der Waals surface area (Å²) in [6.45, 7) is 7.71. The third-order valence-electron chi connectivity index (χ3n) is 3.73. The molecule has 2 rings (SSSR count). The Kier molecular flexibility index (Phi) is 5.39. The van der Waals surface area contributed by atoms with Crippen LogP contribution in [0.25, 0.3) is 0 Å². The molecule has 1 heterocycles. The first-order valence-electron chi connectivity index (χ1n) is 7.27. The van der Waals surface area contributed by atoms with E-state index in [9.17, 15) is 4.79 Å². The summed E-state index contributed by atoms with van der Waals surface area (Å²) in [5, 5.41) is 0.965. The Morgan fingerprint density at radius 2 is 1.90 bits per heavy atom. The van der Waals surface area contributed by atoms with E-state index in [-0.39, 0.29) is 5.91 Å². The highest BCUT2D eigenvalue weighted by Crippen LogP contribution is 2.29. The molecule has 21 heavy (non-hydrogen) atoms. The van der Waals surface area contributed by atoms with Crippen LogP contribution in [-0.2, 0) is 4.79 Å². The molecule has 1 fully saturated rings. The third kappa shape index (κ3) is 4.27. The summed E-state index contributed by atoms with van der Waals surface area (Å²) in [6, 6.07) is 5.00. The summed E-state index contributed by atoms with van der Waals surface area (Å²) in [6.07, 6.45) is 0.614. The van der Waals surface area contributed by atoms with Crippen molar-refractivity contribution in [2.75, 3.05) is 13.1 Å². The molecule has 3 atom stereocenters. The lowest BCUT2D eigenvalue weighted by molar-refractivity contribution is -0.140. The number of nitrogens with zero attached hydrogens (tertiary/aromatic N) is 1. The van der Waals surface area contributed by atoms with Crippen molar-refractivity contribution in [1.82, 2.24) is 4.90 Å². The van der Waals surface area contributed by atoms with Gasteiger partial charge >= 0.3 is 0 Å². The molecule has 0 aromatic heterocycles. The first kappa shape index (κ1) is 16.4. The van der Waals surface area contributed by atoms with Crippen molar-refractivity contribution in [3.8, 4) is 5.75 Å². The lowest BCUT2D eigenvalue weighted by atomic mass is 9.91. The number of hydrogen-bond acceptors (Lipinski definition) is 2. The first-order chi connectivity index (χ1) is 9.86. The van der Waals surface area contributed by atoms with Gasteiger partial charge in [-0.3, -0.25) is 4.79 Å². The number of hydrogen-bond donors (Lipinski definition) is 0. The highest BCUT2D eigenvalue weighted by molar-refractivity contribution is 6.35. The van der Waals surface area contributed by atoms with E-state index in [4.69, 9.17) is 27.9 Å². The molecule has 0 aliphatic carbocycles. The number of benzene rings is 1. The highest BCUT2D eigenvalue weighted by atomic mass is 35.5. The van der Waals surface area contributed by atoms with Gasteiger partial charge in [0, 0.05) is 18.1 Å². The minimum absolute atomic E-state index is 0.0133. The summed E-state index contributed by atoms with van der Waals surface area (Å²) >= 11 is 11.9. The van der Waals surface area contributed by atoms with Gasteiger partial charge < -0.3 is 9.64 Å². The van der Waals surface area contributed by atoms with Crippen LogP contribution in [0.5, 0.6) is 5.75 Å². The average molecular weight is 330 g/mol. The van der Waals surface area contributed by atoms with Gasteiger partial charge in [0.1, 0.15) is 5.75 Å². The summed E-state index contributed by atoms with van der Waals surface area (Å²) in [7, 11) is 0. The van der Waals surface area contributed by atoms with E-state index in [1.807, 2.05) is 4.90 Å². The second-order valence-electron chi connectivity index (χ2n) is 6.02. The minimum Gasteiger partial charge on any atom is -0.479 e. The molecule has 1 aromatic rings. The Bertz CT molecular complexity index is 511. The topological polar surface area (TPSA) is 29.5 Å². The maximum Gasteiger partial charge on any atom is 0.263 e. The Labute approximate surface area is 136 Å². The number of rotatable bonds is 3. The zero-order valence-corrected chi connectivity index (χ0v) is 14.1. The first-order valence-corrected chi connectivity index (χ1v) is 8.03. The second-order valence-corrected chi connectivity index (χ2v) is 6.87. The molecule has 0 bridgehead atoms. The molecule has 0 radical (unpaired) electrons. The van der Waals surface area contributed by atoms with Crippen LogP contribution in [0.15, 0.2) is 18.2 Å². The largest absolute Gasteiger partial charge is 0.479 e. The van der Waals surface area contributed by atoms with E-state index in [2.05, 4.69) is 13.8 Å². The van der Waals surface area contributed by atoms with Crippen molar-refractivity contribution in [1.29, 1.82) is 0 Å². The van der Waals surface area contributed by atoms with Gasteiger partial charge in [-0.05, 0) is 43.4 Å². The summed E-state index contributed by atoms with van der Waals surface area (Å²) < 4.78 is 5.70. The number of halogens is 2. The van der Waals surface area contributed by atoms with Crippen LogP contribution in [0.4, 0.5) is 0 Å². The molecule has 1 saturated heterocycles. The fourth-order valence-corrected chi connectivity index (χ4v) is 3.36.